The normalized spacial score (nSPS) is 11.6. The van der Waals surface area contributed by atoms with Gasteiger partial charge in [0.2, 0.25) is 0 Å². The van der Waals surface area contributed by atoms with Gasteiger partial charge >= 0.3 is 5.97 Å². The molecule has 1 amide bonds. The van der Waals surface area contributed by atoms with Gasteiger partial charge in [0, 0.05) is 9.92 Å². The van der Waals surface area contributed by atoms with Crippen LogP contribution >= 0.6 is 23.4 Å². The molecule has 2 aromatic rings. The summed E-state index contributed by atoms with van der Waals surface area (Å²) in [5, 5.41) is 3.12. The predicted octanol–water partition coefficient (Wildman–Crippen LogP) is 4.63. The number of ether oxygens (including phenoxy) is 2. The molecule has 1 atom stereocenters. The second-order valence-electron chi connectivity index (χ2n) is 6.02. The average molecular weight is 408 g/mol. The fraction of sp³-hybridized carbons (Fsp3) is 0.300. The van der Waals surface area contributed by atoms with Crippen LogP contribution < -0.4 is 10.1 Å². The zero-order valence-corrected chi connectivity index (χ0v) is 17.2. The Morgan fingerprint density at radius 1 is 1.19 bits per heavy atom. The van der Waals surface area contributed by atoms with Gasteiger partial charge in [0.05, 0.1) is 18.6 Å². The SMILES string of the molecule is COc1ccc(Cl)cc1NC(=O)[C@@H](C)OC(=O)CSc1ccc(C)cc1C. The van der Waals surface area contributed by atoms with Crippen molar-refractivity contribution in [2.45, 2.75) is 31.8 Å². The number of anilines is 1. The summed E-state index contributed by atoms with van der Waals surface area (Å²) in [7, 11) is 1.49. The molecule has 144 valence electrons. The van der Waals surface area contributed by atoms with Crippen LogP contribution in [0.4, 0.5) is 5.69 Å². The fourth-order valence-electron chi connectivity index (χ4n) is 2.39. The first-order valence-electron chi connectivity index (χ1n) is 8.34. The van der Waals surface area contributed by atoms with Gasteiger partial charge in [-0.05, 0) is 50.6 Å². The van der Waals surface area contributed by atoms with Crippen LogP contribution in [-0.2, 0) is 14.3 Å². The molecular weight excluding hydrogens is 386 g/mol. The Morgan fingerprint density at radius 3 is 2.59 bits per heavy atom. The summed E-state index contributed by atoms with van der Waals surface area (Å²) in [5.41, 5.74) is 2.69. The molecule has 0 heterocycles. The van der Waals surface area contributed by atoms with Crippen molar-refractivity contribution in [2.75, 3.05) is 18.2 Å². The van der Waals surface area contributed by atoms with Crippen molar-refractivity contribution in [1.29, 1.82) is 0 Å². The van der Waals surface area contributed by atoms with Crippen LogP contribution in [0.1, 0.15) is 18.1 Å². The molecule has 5 nitrogen and oxygen atoms in total. The van der Waals surface area contributed by atoms with Gasteiger partial charge in [0.25, 0.3) is 5.91 Å². The first kappa shape index (κ1) is 21.1. The van der Waals surface area contributed by atoms with Crippen LogP contribution in [0.2, 0.25) is 5.02 Å². The number of halogens is 1. The number of hydrogen-bond donors (Lipinski definition) is 1. The van der Waals surface area contributed by atoms with E-state index in [2.05, 4.69) is 11.4 Å². The molecule has 0 spiro atoms. The number of rotatable bonds is 7. The van der Waals surface area contributed by atoms with Crippen molar-refractivity contribution in [3.8, 4) is 5.75 Å². The summed E-state index contributed by atoms with van der Waals surface area (Å²) >= 11 is 7.33. The molecule has 27 heavy (non-hydrogen) atoms. The molecule has 0 fully saturated rings. The third-order valence-corrected chi connectivity index (χ3v) is 5.16. The van der Waals surface area contributed by atoms with Crippen LogP contribution in [0, 0.1) is 13.8 Å². The van der Waals surface area contributed by atoms with Crippen LogP contribution in [0.25, 0.3) is 0 Å². The number of carbonyl (C=O) groups excluding carboxylic acids is 2. The second-order valence-corrected chi connectivity index (χ2v) is 7.48. The summed E-state index contributed by atoms with van der Waals surface area (Å²) in [6.45, 7) is 5.53. The molecule has 7 heteroatoms. The molecule has 0 aliphatic carbocycles. The number of carbonyl (C=O) groups is 2. The highest BCUT2D eigenvalue weighted by molar-refractivity contribution is 8.00. The van der Waals surface area contributed by atoms with E-state index in [4.69, 9.17) is 21.1 Å². The van der Waals surface area contributed by atoms with Gasteiger partial charge in [0.1, 0.15) is 5.75 Å². The van der Waals surface area contributed by atoms with E-state index in [0.29, 0.717) is 16.5 Å². The van der Waals surface area contributed by atoms with Crippen LogP contribution in [0.3, 0.4) is 0 Å². The Morgan fingerprint density at radius 2 is 1.93 bits per heavy atom. The van der Waals surface area contributed by atoms with E-state index in [1.807, 2.05) is 26.0 Å². The number of methoxy groups -OCH3 is 1. The lowest BCUT2D eigenvalue weighted by Crippen LogP contribution is -2.30. The molecule has 0 aliphatic heterocycles. The van der Waals surface area contributed by atoms with Gasteiger partial charge < -0.3 is 14.8 Å². The van der Waals surface area contributed by atoms with E-state index in [-0.39, 0.29) is 5.75 Å². The third kappa shape index (κ3) is 6.19. The lowest BCUT2D eigenvalue weighted by atomic mass is 10.2. The van der Waals surface area contributed by atoms with Gasteiger partial charge in [-0.25, -0.2) is 0 Å². The monoisotopic (exact) mass is 407 g/mol. The molecule has 0 saturated heterocycles. The van der Waals surface area contributed by atoms with Crippen LogP contribution in [-0.4, -0.2) is 30.8 Å². The van der Waals surface area contributed by atoms with Gasteiger partial charge in [-0.2, -0.15) is 0 Å². The molecule has 2 rings (SSSR count). The van der Waals surface area contributed by atoms with E-state index in [0.717, 1.165) is 10.5 Å². The Hall–Kier alpha value is -2.18. The molecule has 0 radical (unpaired) electrons. The van der Waals surface area contributed by atoms with E-state index in [1.165, 1.54) is 31.4 Å². The number of aryl methyl sites for hydroxylation is 2. The number of hydrogen-bond acceptors (Lipinski definition) is 5. The lowest BCUT2D eigenvalue weighted by molar-refractivity contribution is -0.150. The summed E-state index contributed by atoms with van der Waals surface area (Å²) in [6.07, 6.45) is -0.944. The first-order valence-corrected chi connectivity index (χ1v) is 9.70. The van der Waals surface area contributed by atoms with Gasteiger partial charge in [-0.3, -0.25) is 9.59 Å². The van der Waals surface area contributed by atoms with Gasteiger partial charge in [-0.1, -0.05) is 29.3 Å². The summed E-state index contributed by atoms with van der Waals surface area (Å²) in [5.74, 6) is -0.319. The molecule has 1 N–H and O–H groups in total. The molecule has 2 aromatic carbocycles. The maximum absolute atomic E-state index is 12.3. The topological polar surface area (TPSA) is 64.6 Å². The summed E-state index contributed by atoms with van der Waals surface area (Å²) < 4.78 is 10.4. The molecule has 0 bridgehead atoms. The van der Waals surface area contributed by atoms with Crippen molar-refractivity contribution in [3.63, 3.8) is 0 Å². The van der Waals surface area contributed by atoms with Crippen LogP contribution in [0.15, 0.2) is 41.3 Å². The quantitative estimate of drug-likeness (QED) is 0.535. The molecule has 0 aliphatic rings. The van der Waals surface area contributed by atoms with E-state index in [9.17, 15) is 9.59 Å². The highest BCUT2D eigenvalue weighted by Gasteiger charge is 2.19. The van der Waals surface area contributed by atoms with E-state index < -0.39 is 18.0 Å². The fourth-order valence-corrected chi connectivity index (χ4v) is 3.36. The van der Waals surface area contributed by atoms with Crippen molar-refractivity contribution in [2.24, 2.45) is 0 Å². The minimum Gasteiger partial charge on any atom is -0.495 e. The molecular formula is C20H22ClNO4S. The minimum atomic E-state index is -0.944. The van der Waals surface area contributed by atoms with Gasteiger partial charge in [-0.15, -0.1) is 11.8 Å². The average Bonchev–Trinajstić information content (AvgIpc) is 2.61. The standard InChI is InChI=1S/C20H22ClNO4S/c1-12-5-8-18(13(2)9-12)27-11-19(23)26-14(3)20(24)22-16-10-15(21)6-7-17(16)25-4/h5-10,14H,11H2,1-4H3,(H,22,24)/t14-/m1/s1. The summed E-state index contributed by atoms with van der Waals surface area (Å²) in [6, 6.07) is 10.9. The molecule has 0 aromatic heterocycles. The highest BCUT2D eigenvalue weighted by atomic mass is 35.5. The van der Waals surface area contributed by atoms with E-state index in [1.54, 1.807) is 18.2 Å². The first-order chi connectivity index (χ1) is 12.8. The maximum Gasteiger partial charge on any atom is 0.317 e. The number of thioether (sulfide) groups is 1. The van der Waals surface area contributed by atoms with Crippen molar-refractivity contribution in [3.05, 3.63) is 52.5 Å². The van der Waals surface area contributed by atoms with E-state index >= 15 is 0 Å². The number of nitrogens with one attached hydrogen (secondary N) is 1. The molecule has 0 saturated carbocycles. The van der Waals surface area contributed by atoms with Gasteiger partial charge in [0.15, 0.2) is 6.10 Å². The number of amides is 1. The highest BCUT2D eigenvalue weighted by Crippen LogP contribution is 2.28. The smallest absolute Gasteiger partial charge is 0.317 e. The Kier molecular flexibility index (Phi) is 7.56. The number of benzene rings is 2. The van der Waals surface area contributed by atoms with Crippen molar-refractivity contribution in [1.82, 2.24) is 0 Å². The Bertz CT molecular complexity index is 841. The molecule has 0 unspecified atom stereocenters. The third-order valence-electron chi connectivity index (χ3n) is 3.77. The van der Waals surface area contributed by atoms with Crippen molar-refractivity contribution >= 4 is 40.9 Å². The zero-order chi connectivity index (χ0) is 20.0. The Balaban J connectivity index is 1.90. The second kappa shape index (κ2) is 9.67. The van der Waals surface area contributed by atoms with Crippen molar-refractivity contribution < 1.29 is 19.1 Å². The van der Waals surface area contributed by atoms with Crippen LogP contribution in [0.5, 0.6) is 5.75 Å². The maximum atomic E-state index is 12.3. The largest absolute Gasteiger partial charge is 0.495 e. The predicted molar refractivity (Wildman–Crippen MR) is 109 cm³/mol. The minimum absolute atomic E-state index is 0.127. The Labute approximate surface area is 168 Å². The lowest BCUT2D eigenvalue weighted by Gasteiger charge is -2.15. The number of esters is 1. The summed E-state index contributed by atoms with van der Waals surface area (Å²) in [4.78, 5) is 25.4. The zero-order valence-electron chi connectivity index (χ0n) is 15.7.